The highest BCUT2D eigenvalue weighted by Gasteiger charge is 2.28. The van der Waals surface area contributed by atoms with E-state index in [0.717, 1.165) is 0 Å². The number of carbonyl (C=O) groups is 2. The highest BCUT2D eigenvalue weighted by atomic mass is 19.1. The van der Waals surface area contributed by atoms with Crippen molar-refractivity contribution < 1.29 is 23.6 Å². The molecule has 0 unspecified atom stereocenters. The second-order valence-electron chi connectivity index (χ2n) is 4.20. The number of esters is 1. The molecular formula is C11H19FN2O4. The molecule has 104 valence electrons. The van der Waals surface area contributed by atoms with Gasteiger partial charge in [0.05, 0.1) is 5.71 Å². The summed E-state index contributed by atoms with van der Waals surface area (Å²) in [5, 5.41) is 5.61. The number of oxime groups is 1. The zero-order valence-electron chi connectivity index (χ0n) is 11.1. The minimum absolute atomic E-state index is 0.00463. The van der Waals surface area contributed by atoms with Crippen molar-refractivity contribution in [3.8, 4) is 0 Å². The number of halogens is 1. The number of alkyl halides is 1. The van der Waals surface area contributed by atoms with Crippen LogP contribution < -0.4 is 5.32 Å². The molecule has 1 N–H and O–H groups in total. The third kappa shape index (κ3) is 5.60. The number of nitrogens with zero attached hydrogens (tertiary/aromatic N) is 1. The van der Waals surface area contributed by atoms with E-state index < -0.39 is 18.2 Å². The molecule has 18 heavy (non-hydrogen) atoms. The van der Waals surface area contributed by atoms with Crippen molar-refractivity contribution in [2.24, 2.45) is 10.6 Å². The lowest BCUT2D eigenvalue weighted by Gasteiger charge is -2.23. The molecule has 7 heteroatoms. The first-order valence-corrected chi connectivity index (χ1v) is 5.55. The highest BCUT2D eigenvalue weighted by molar-refractivity contribution is 5.91. The second-order valence-corrected chi connectivity index (χ2v) is 4.20. The number of nitrogens with one attached hydrogen (secondary N) is 1. The van der Waals surface area contributed by atoms with Crippen LogP contribution in [0.25, 0.3) is 0 Å². The summed E-state index contributed by atoms with van der Waals surface area (Å²) >= 11 is 0. The van der Waals surface area contributed by atoms with E-state index in [2.05, 4.69) is 15.3 Å². The Bertz CT molecular complexity index is 329. The van der Waals surface area contributed by atoms with E-state index in [4.69, 9.17) is 4.74 Å². The van der Waals surface area contributed by atoms with E-state index in [9.17, 15) is 14.0 Å². The van der Waals surface area contributed by atoms with Gasteiger partial charge < -0.3 is 10.1 Å². The fraction of sp³-hybridized carbons (Fsp3) is 0.727. The molecule has 0 aromatic carbocycles. The molecule has 0 bridgehead atoms. The van der Waals surface area contributed by atoms with Gasteiger partial charge in [-0.2, -0.15) is 0 Å². The van der Waals surface area contributed by atoms with Crippen molar-refractivity contribution in [3.63, 3.8) is 0 Å². The van der Waals surface area contributed by atoms with E-state index >= 15 is 0 Å². The maximum absolute atomic E-state index is 12.8. The fourth-order valence-electron chi connectivity index (χ4n) is 0.917. The molecule has 0 atom stereocenters. The third-order valence-electron chi connectivity index (χ3n) is 2.23. The van der Waals surface area contributed by atoms with Crippen molar-refractivity contribution >= 4 is 17.8 Å². The molecule has 0 aromatic rings. The number of amides is 1. The maximum Gasteiger partial charge on any atom is 0.433 e. The van der Waals surface area contributed by atoms with Crippen molar-refractivity contribution in [2.75, 3.05) is 20.3 Å². The summed E-state index contributed by atoms with van der Waals surface area (Å²) in [7, 11) is 1.36. The summed E-state index contributed by atoms with van der Waals surface area (Å²) < 4.78 is 17.8. The average molecular weight is 262 g/mol. The van der Waals surface area contributed by atoms with Crippen LogP contribution in [-0.2, 0) is 14.4 Å². The van der Waals surface area contributed by atoms with E-state index in [1.165, 1.54) is 7.05 Å². The van der Waals surface area contributed by atoms with Crippen molar-refractivity contribution in [2.45, 2.75) is 27.2 Å². The lowest BCUT2D eigenvalue weighted by Crippen LogP contribution is -2.33. The molecule has 0 radical (unpaired) electrons. The van der Waals surface area contributed by atoms with Gasteiger partial charge in [0.2, 0.25) is 0 Å². The fourth-order valence-corrected chi connectivity index (χ4v) is 0.917. The number of ether oxygens (including phenoxy) is 1. The molecule has 0 saturated carbocycles. The Hall–Kier alpha value is -1.66. The molecular weight excluding hydrogens is 243 g/mol. The summed E-state index contributed by atoms with van der Waals surface area (Å²) in [6, 6.07) is 0. The smallest absolute Gasteiger partial charge is 0.433 e. The Labute approximate surface area is 106 Å². The Morgan fingerprint density at radius 3 is 2.44 bits per heavy atom. The molecule has 0 rings (SSSR count). The van der Waals surface area contributed by atoms with Gasteiger partial charge in [-0.05, 0) is 0 Å². The van der Waals surface area contributed by atoms with Crippen LogP contribution in [-0.4, -0.2) is 38.1 Å². The molecule has 0 aliphatic rings. The largest absolute Gasteiger partial charge is 0.465 e. The standard InChI is InChI=1S/C11H19FN2O4/c1-5-9(15)17-7-11(2,3)8(6-12)14-18-10(16)13-4/h5-7H2,1-4H3,(H,13,16). The van der Waals surface area contributed by atoms with Gasteiger partial charge in [-0.1, -0.05) is 25.9 Å². The predicted octanol–water partition coefficient (Wildman–Crippen LogP) is 1.65. The molecule has 0 heterocycles. The van der Waals surface area contributed by atoms with Crippen LogP contribution in [0.5, 0.6) is 0 Å². The highest BCUT2D eigenvalue weighted by Crippen LogP contribution is 2.19. The summed E-state index contributed by atoms with van der Waals surface area (Å²) in [4.78, 5) is 26.3. The first-order valence-electron chi connectivity index (χ1n) is 5.55. The predicted molar refractivity (Wildman–Crippen MR) is 64.0 cm³/mol. The topological polar surface area (TPSA) is 77.0 Å². The SMILES string of the molecule is CCC(=O)OCC(C)(C)C(CF)=NOC(=O)NC. The van der Waals surface area contributed by atoms with Crippen molar-refractivity contribution in [1.82, 2.24) is 5.32 Å². The van der Waals surface area contributed by atoms with Crippen LogP contribution in [0.2, 0.25) is 0 Å². The molecule has 0 fully saturated rings. The first-order chi connectivity index (χ1) is 8.37. The number of hydrogen-bond acceptors (Lipinski definition) is 5. The van der Waals surface area contributed by atoms with Gasteiger partial charge >= 0.3 is 12.1 Å². The van der Waals surface area contributed by atoms with Gasteiger partial charge in [-0.3, -0.25) is 9.63 Å². The van der Waals surface area contributed by atoms with E-state index in [1.54, 1.807) is 20.8 Å². The Balaban J connectivity index is 4.59. The Morgan fingerprint density at radius 1 is 1.39 bits per heavy atom. The van der Waals surface area contributed by atoms with Gasteiger partial charge in [0.25, 0.3) is 0 Å². The minimum Gasteiger partial charge on any atom is -0.465 e. The second kappa shape index (κ2) is 7.62. The van der Waals surface area contributed by atoms with Gasteiger partial charge in [0.1, 0.15) is 13.3 Å². The number of carbonyl (C=O) groups excluding carboxylic acids is 2. The number of rotatable bonds is 6. The molecule has 0 spiro atoms. The molecule has 0 aromatic heterocycles. The van der Waals surface area contributed by atoms with Crippen LogP contribution in [0, 0.1) is 5.41 Å². The van der Waals surface area contributed by atoms with E-state index in [1.807, 2.05) is 0 Å². The van der Waals surface area contributed by atoms with Gasteiger partial charge in [-0.15, -0.1) is 0 Å². The van der Waals surface area contributed by atoms with Crippen molar-refractivity contribution in [3.05, 3.63) is 0 Å². The average Bonchev–Trinajstić information content (AvgIpc) is 2.35. The van der Waals surface area contributed by atoms with Gasteiger partial charge in [-0.25, -0.2) is 9.18 Å². The molecule has 0 aliphatic carbocycles. The summed E-state index contributed by atoms with van der Waals surface area (Å²) in [5.74, 6) is -0.381. The van der Waals surface area contributed by atoms with Crippen LogP contribution in [0.1, 0.15) is 27.2 Å². The van der Waals surface area contributed by atoms with Crippen LogP contribution in [0.4, 0.5) is 9.18 Å². The van der Waals surface area contributed by atoms with Crippen LogP contribution >= 0.6 is 0 Å². The normalized spacial score (nSPS) is 11.9. The monoisotopic (exact) mass is 262 g/mol. The Morgan fingerprint density at radius 2 is 2.00 bits per heavy atom. The van der Waals surface area contributed by atoms with E-state index in [0.29, 0.717) is 0 Å². The van der Waals surface area contributed by atoms with Crippen molar-refractivity contribution in [1.29, 1.82) is 0 Å². The maximum atomic E-state index is 12.8. The quantitative estimate of drug-likeness (QED) is 0.342. The van der Waals surface area contributed by atoms with Gasteiger partial charge in [0, 0.05) is 18.9 Å². The van der Waals surface area contributed by atoms with Crippen LogP contribution in [0.15, 0.2) is 5.16 Å². The lowest BCUT2D eigenvalue weighted by molar-refractivity contribution is -0.145. The molecule has 1 amide bonds. The summed E-state index contributed by atoms with van der Waals surface area (Å²) in [6.07, 6.45) is -0.547. The minimum atomic E-state index is -0.895. The first kappa shape index (κ1) is 16.3. The summed E-state index contributed by atoms with van der Waals surface area (Å²) in [6.45, 7) is 4.02. The lowest BCUT2D eigenvalue weighted by atomic mass is 9.89. The molecule has 6 nitrogen and oxygen atoms in total. The number of hydrogen-bond donors (Lipinski definition) is 1. The van der Waals surface area contributed by atoms with Crippen LogP contribution in [0.3, 0.4) is 0 Å². The molecule has 0 aliphatic heterocycles. The zero-order chi connectivity index (χ0) is 14.2. The molecule has 0 saturated heterocycles. The zero-order valence-corrected chi connectivity index (χ0v) is 11.1. The summed E-state index contributed by atoms with van der Waals surface area (Å²) in [5.41, 5.74) is -0.844. The Kier molecular flexibility index (Phi) is 6.92. The third-order valence-corrected chi connectivity index (χ3v) is 2.23. The van der Waals surface area contributed by atoms with E-state index in [-0.39, 0.29) is 24.7 Å². The van der Waals surface area contributed by atoms with Gasteiger partial charge in [0.15, 0.2) is 0 Å².